The van der Waals surface area contributed by atoms with Gasteiger partial charge >= 0.3 is 5.97 Å². The van der Waals surface area contributed by atoms with Gasteiger partial charge in [0, 0.05) is 5.02 Å². The minimum atomic E-state index is -0.974. The molecule has 0 spiro atoms. The van der Waals surface area contributed by atoms with E-state index >= 15 is 0 Å². The lowest BCUT2D eigenvalue weighted by Crippen LogP contribution is -2.30. The average Bonchev–Trinajstić information content (AvgIpc) is 2.57. The summed E-state index contributed by atoms with van der Waals surface area (Å²) in [4.78, 5) is 24.5. The van der Waals surface area contributed by atoms with E-state index in [4.69, 9.17) is 21.1 Å². The van der Waals surface area contributed by atoms with Gasteiger partial charge in [0.25, 0.3) is 5.91 Å². The molecular formula is C19H20ClNO4. The Morgan fingerprint density at radius 1 is 1.08 bits per heavy atom. The molecule has 2 aromatic carbocycles. The molecule has 0 aromatic heterocycles. The first-order chi connectivity index (χ1) is 11.8. The van der Waals surface area contributed by atoms with Crippen LogP contribution in [0.2, 0.25) is 5.02 Å². The number of rotatable bonds is 5. The van der Waals surface area contributed by atoms with Crippen molar-refractivity contribution in [3.63, 3.8) is 0 Å². The van der Waals surface area contributed by atoms with Gasteiger partial charge < -0.3 is 14.8 Å². The van der Waals surface area contributed by atoms with Crippen molar-refractivity contribution in [1.29, 1.82) is 0 Å². The van der Waals surface area contributed by atoms with E-state index in [0.29, 0.717) is 22.0 Å². The third-order valence-electron chi connectivity index (χ3n) is 3.82. The van der Waals surface area contributed by atoms with Crippen molar-refractivity contribution in [3.05, 3.63) is 58.1 Å². The van der Waals surface area contributed by atoms with Crippen molar-refractivity contribution in [1.82, 2.24) is 0 Å². The summed E-state index contributed by atoms with van der Waals surface area (Å²) in [7, 11) is 1.49. The predicted octanol–water partition coefficient (Wildman–Crippen LogP) is 4.15. The summed E-state index contributed by atoms with van der Waals surface area (Å²) in [5, 5.41) is 3.11. The molecule has 6 heteroatoms. The number of ether oxygens (including phenoxy) is 2. The Kier molecular flexibility index (Phi) is 6.04. The van der Waals surface area contributed by atoms with Crippen molar-refractivity contribution >= 4 is 29.2 Å². The van der Waals surface area contributed by atoms with Crippen LogP contribution < -0.4 is 10.1 Å². The maximum Gasteiger partial charge on any atom is 0.338 e. The van der Waals surface area contributed by atoms with Crippen LogP contribution in [-0.2, 0) is 9.53 Å². The van der Waals surface area contributed by atoms with Gasteiger partial charge in [-0.05, 0) is 62.2 Å². The van der Waals surface area contributed by atoms with E-state index in [1.165, 1.54) is 14.0 Å². The van der Waals surface area contributed by atoms with E-state index in [1.807, 2.05) is 19.9 Å². The Labute approximate surface area is 151 Å². The van der Waals surface area contributed by atoms with Crippen LogP contribution in [0.25, 0.3) is 0 Å². The topological polar surface area (TPSA) is 64.6 Å². The van der Waals surface area contributed by atoms with Crippen LogP contribution in [-0.4, -0.2) is 25.1 Å². The molecule has 0 unspecified atom stereocenters. The van der Waals surface area contributed by atoms with Crippen molar-refractivity contribution in [2.45, 2.75) is 26.9 Å². The highest BCUT2D eigenvalue weighted by molar-refractivity contribution is 6.31. The fourth-order valence-corrected chi connectivity index (χ4v) is 2.33. The normalized spacial score (nSPS) is 11.6. The van der Waals surface area contributed by atoms with E-state index in [0.717, 1.165) is 11.1 Å². The Morgan fingerprint density at radius 3 is 2.44 bits per heavy atom. The van der Waals surface area contributed by atoms with E-state index in [-0.39, 0.29) is 0 Å². The molecule has 132 valence electrons. The molecule has 0 aliphatic rings. The first kappa shape index (κ1) is 18.8. The first-order valence-electron chi connectivity index (χ1n) is 7.74. The van der Waals surface area contributed by atoms with Gasteiger partial charge in [0.2, 0.25) is 0 Å². The Morgan fingerprint density at radius 2 is 1.80 bits per heavy atom. The zero-order chi connectivity index (χ0) is 18.6. The summed E-state index contributed by atoms with van der Waals surface area (Å²) in [5.41, 5.74) is 2.88. The molecule has 5 nitrogen and oxygen atoms in total. The number of anilines is 1. The Bertz CT molecular complexity index is 804. The molecule has 0 radical (unpaired) electrons. The van der Waals surface area contributed by atoms with E-state index in [9.17, 15) is 9.59 Å². The number of hydrogen-bond acceptors (Lipinski definition) is 4. The smallest absolute Gasteiger partial charge is 0.338 e. The van der Waals surface area contributed by atoms with Crippen LogP contribution in [0.3, 0.4) is 0 Å². The van der Waals surface area contributed by atoms with Gasteiger partial charge in [0.15, 0.2) is 6.10 Å². The molecule has 2 aromatic rings. The SMILES string of the molecule is COc1ccc(Cl)cc1NC(=O)[C@H](C)OC(=O)c1ccc(C)c(C)c1. The molecule has 0 aliphatic heterocycles. The third kappa shape index (κ3) is 4.73. The number of hydrogen-bond donors (Lipinski definition) is 1. The second-order valence-corrected chi connectivity index (χ2v) is 6.12. The number of carbonyl (C=O) groups is 2. The Balaban J connectivity index is 2.06. The molecule has 1 N–H and O–H groups in total. The van der Waals surface area contributed by atoms with Crippen molar-refractivity contribution in [2.75, 3.05) is 12.4 Å². The summed E-state index contributed by atoms with van der Waals surface area (Å²) < 4.78 is 10.4. The molecule has 1 amide bonds. The molecule has 0 saturated carbocycles. The minimum absolute atomic E-state index is 0.406. The average molecular weight is 362 g/mol. The molecule has 2 rings (SSSR count). The number of halogens is 1. The standard InChI is InChI=1S/C19H20ClNO4/c1-11-5-6-14(9-12(11)2)19(23)25-13(3)18(22)21-16-10-15(20)7-8-17(16)24-4/h5-10,13H,1-4H3,(H,21,22)/t13-/m0/s1. The van der Waals surface area contributed by atoms with Gasteiger partial charge in [-0.2, -0.15) is 0 Å². The highest BCUT2D eigenvalue weighted by atomic mass is 35.5. The van der Waals surface area contributed by atoms with Crippen molar-refractivity contribution in [2.24, 2.45) is 0 Å². The molecule has 0 aliphatic carbocycles. The summed E-state index contributed by atoms with van der Waals surface area (Å²) >= 11 is 5.94. The number of methoxy groups -OCH3 is 1. The predicted molar refractivity (Wildman–Crippen MR) is 97.4 cm³/mol. The van der Waals surface area contributed by atoms with Gasteiger partial charge in [-0.15, -0.1) is 0 Å². The van der Waals surface area contributed by atoms with Gasteiger partial charge in [0.1, 0.15) is 5.75 Å². The van der Waals surface area contributed by atoms with Crippen molar-refractivity contribution < 1.29 is 19.1 Å². The van der Waals surface area contributed by atoms with Gasteiger partial charge in [-0.25, -0.2) is 4.79 Å². The number of amides is 1. The highest BCUT2D eigenvalue weighted by Gasteiger charge is 2.20. The lowest BCUT2D eigenvalue weighted by atomic mass is 10.1. The van der Waals surface area contributed by atoms with E-state index in [2.05, 4.69) is 5.32 Å². The van der Waals surface area contributed by atoms with Gasteiger partial charge in [-0.3, -0.25) is 4.79 Å². The lowest BCUT2D eigenvalue weighted by molar-refractivity contribution is -0.123. The first-order valence-corrected chi connectivity index (χ1v) is 8.12. The van der Waals surface area contributed by atoms with Gasteiger partial charge in [0.05, 0.1) is 18.4 Å². The van der Waals surface area contributed by atoms with Crippen LogP contribution >= 0.6 is 11.6 Å². The van der Waals surface area contributed by atoms with Crippen molar-refractivity contribution in [3.8, 4) is 5.75 Å². The van der Waals surface area contributed by atoms with Crippen LogP contribution in [0.15, 0.2) is 36.4 Å². The van der Waals surface area contributed by atoms with Crippen LogP contribution in [0.1, 0.15) is 28.4 Å². The lowest BCUT2D eigenvalue weighted by Gasteiger charge is -2.15. The number of aryl methyl sites for hydroxylation is 2. The molecular weight excluding hydrogens is 342 g/mol. The summed E-state index contributed by atoms with van der Waals surface area (Å²) in [6, 6.07) is 10.1. The molecule has 0 saturated heterocycles. The second kappa shape index (κ2) is 8.03. The van der Waals surface area contributed by atoms with E-state index < -0.39 is 18.0 Å². The van der Waals surface area contributed by atoms with Crippen LogP contribution in [0, 0.1) is 13.8 Å². The number of esters is 1. The monoisotopic (exact) mass is 361 g/mol. The molecule has 1 atom stereocenters. The zero-order valence-corrected chi connectivity index (χ0v) is 15.3. The number of benzene rings is 2. The summed E-state index contributed by atoms with van der Waals surface area (Å²) in [6.45, 7) is 5.37. The fraction of sp³-hybridized carbons (Fsp3) is 0.263. The third-order valence-corrected chi connectivity index (χ3v) is 4.05. The number of carbonyl (C=O) groups excluding carboxylic acids is 2. The largest absolute Gasteiger partial charge is 0.495 e. The molecule has 0 fully saturated rings. The van der Waals surface area contributed by atoms with E-state index in [1.54, 1.807) is 30.3 Å². The fourth-order valence-electron chi connectivity index (χ4n) is 2.16. The summed E-state index contributed by atoms with van der Waals surface area (Å²) in [5.74, 6) is -0.563. The molecule has 0 heterocycles. The van der Waals surface area contributed by atoms with Crippen LogP contribution in [0.5, 0.6) is 5.75 Å². The zero-order valence-electron chi connectivity index (χ0n) is 14.6. The number of nitrogens with one attached hydrogen (secondary N) is 1. The molecule has 25 heavy (non-hydrogen) atoms. The van der Waals surface area contributed by atoms with Gasteiger partial charge in [-0.1, -0.05) is 17.7 Å². The molecule has 0 bridgehead atoms. The highest BCUT2D eigenvalue weighted by Crippen LogP contribution is 2.27. The minimum Gasteiger partial charge on any atom is -0.495 e. The Hall–Kier alpha value is -2.53. The maximum absolute atomic E-state index is 12.3. The second-order valence-electron chi connectivity index (χ2n) is 5.68. The quantitative estimate of drug-likeness (QED) is 0.812. The summed E-state index contributed by atoms with van der Waals surface area (Å²) in [6.07, 6.45) is -0.974. The maximum atomic E-state index is 12.3. The van der Waals surface area contributed by atoms with Crippen LogP contribution in [0.4, 0.5) is 5.69 Å².